The highest BCUT2D eigenvalue weighted by molar-refractivity contribution is 5.92. The minimum atomic E-state index is -0.167. The maximum absolute atomic E-state index is 12.4. The van der Waals surface area contributed by atoms with Gasteiger partial charge < -0.3 is 5.32 Å². The van der Waals surface area contributed by atoms with E-state index in [4.69, 9.17) is 0 Å². The second kappa shape index (κ2) is 6.23. The van der Waals surface area contributed by atoms with Crippen LogP contribution < -0.4 is 10.9 Å². The maximum Gasteiger partial charge on any atom is 0.271 e. The zero-order valence-electron chi connectivity index (χ0n) is 13.4. The second-order valence-electron chi connectivity index (χ2n) is 6.88. The van der Waals surface area contributed by atoms with Gasteiger partial charge in [0.1, 0.15) is 5.69 Å². The van der Waals surface area contributed by atoms with Crippen LogP contribution in [0.3, 0.4) is 0 Å². The van der Waals surface area contributed by atoms with Crippen molar-refractivity contribution in [3.05, 3.63) is 28.2 Å². The highest BCUT2D eigenvalue weighted by Crippen LogP contribution is 2.49. The number of hydrogen-bond donors (Lipinski definition) is 1. The van der Waals surface area contributed by atoms with Crippen LogP contribution in [-0.2, 0) is 6.54 Å². The normalized spacial score (nSPS) is 27.8. The van der Waals surface area contributed by atoms with Crippen LogP contribution in [0.15, 0.2) is 16.9 Å². The first-order valence-electron chi connectivity index (χ1n) is 8.47. The lowest BCUT2D eigenvalue weighted by atomic mass is 9.84. The van der Waals surface area contributed by atoms with Crippen molar-refractivity contribution in [2.75, 3.05) is 0 Å². The summed E-state index contributed by atoms with van der Waals surface area (Å²) in [6, 6.07) is 3.13. The number of hydrogen-bond acceptors (Lipinski definition) is 3. The maximum atomic E-state index is 12.4. The quantitative estimate of drug-likeness (QED) is 0.907. The summed E-state index contributed by atoms with van der Waals surface area (Å²) in [4.78, 5) is 24.1. The molecule has 5 nitrogen and oxygen atoms in total. The summed E-state index contributed by atoms with van der Waals surface area (Å²) >= 11 is 0. The van der Waals surface area contributed by atoms with E-state index in [9.17, 15) is 9.59 Å². The topological polar surface area (TPSA) is 64.0 Å². The molecule has 2 saturated carbocycles. The molecule has 1 heterocycles. The van der Waals surface area contributed by atoms with E-state index < -0.39 is 0 Å². The summed E-state index contributed by atoms with van der Waals surface area (Å²) in [5.41, 5.74) is 0.183. The van der Waals surface area contributed by atoms with Gasteiger partial charge in [0.05, 0.1) is 0 Å². The van der Waals surface area contributed by atoms with Crippen LogP contribution in [0.5, 0.6) is 0 Å². The highest BCUT2D eigenvalue weighted by Gasteiger charge is 2.42. The van der Waals surface area contributed by atoms with E-state index in [1.54, 1.807) is 0 Å². The van der Waals surface area contributed by atoms with Crippen molar-refractivity contribution >= 4 is 5.91 Å². The fourth-order valence-corrected chi connectivity index (χ4v) is 4.24. The van der Waals surface area contributed by atoms with Crippen molar-refractivity contribution in [1.82, 2.24) is 15.1 Å². The molecule has 1 aromatic heterocycles. The largest absolute Gasteiger partial charge is 0.348 e. The van der Waals surface area contributed by atoms with E-state index in [1.165, 1.54) is 42.5 Å². The van der Waals surface area contributed by atoms with E-state index in [-0.39, 0.29) is 17.5 Å². The number of carbonyl (C=O) groups is 1. The molecule has 5 heteroatoms. The average molecular weight is 303 g/mol. The molecule has 2 aliphatic rings. The molecule has 0 radical (unpaired) electrons. The molecule has 3 rings (SSSR count). The molecule has 0 aromatic carbocycles. The number of nitrogens with zero attached hydrogens (tertiary/aromatic N) is 2. The first-order valence-corrected chi connectivity index (χ1v) is 8.47. The third-order valence-electron chi connectivity index (χ3n) is 5.33. The molecular weight excluding hydrogens is 278 g/mol. The Labute approximate surface area is 131 Å². The number of rotatable bonds is 5. The lowest BCUT2D eigenvalue weighted by molar-refractivity contribution is 0.0907. The minimum absolute atomic E-state index is 0.153. The molecule has 2 fully saturated rings. The third-order valence-corrected chi connectivity index (χ3v) is 5.33. The Morgan fingerprint density at radius 2 is 2.23 bits per heavy atom. The third kappa shape index (κ3) is 2.94. The molecule has 120 valence electrons. The van der Waals surface area contributed by atoms with E-state index in [2.05, 4.69) is 17.3 Å². The first kappa shape index (κ1) is 15.3. The van der Waals surface area contributed by atoms with Gasteiger partial charge in [-0.05, 0) is 56.4 Å². The highest BCUT2D eigenvalue weighted by atomic mass is 16.2. The predicted molar refractivity (Wildman–Crippen MR) is 84.7 cm³/mol. The molecule has 0 aliphatic heterocycles. The van der Waals surface area contributed by atoms with Gasteiger partial charge in [-0.3, -0.25) is 9.59 Å². The van der Waals surface area contributed by atoms with Gasteiger partial charge in [0, 0.05) is 18.7 Å². The number of fused-ring (bicyclic) bond motifs is 2. The van der Waals surface area contributed by atoms with Gasteiger partial charge in [-0.2, -0.15) is 5.10 Å². The number of carbonyl (C=O) groups excluding carboxylic acids is 1. The van der Waals surface area contributed by atoms with Crippen LogP contribution >= 0.6 is 0 Å². The van der Waals surface area contributed by atoms with Gasteiger partial charge in [-0.15, -0.1) is 0 Å². The smallest absolute Gasteiger partial charge is 0.271 e. The van der Waals surface area contributed by atoms with E-state index in [0.717, 1.165) is 18.3 Å². The van der Waals surface area contributed by atoms with Gasteiger partial charge >= 0.3 is 0 Å². The number of aryl methyl sites for hydroxylation is 1. The Morgan fingerprint density at radius 1 is 1.41 bits per heavy atom. The summed E-state index contributed by atoms with van der Waals surface area (Å²) in [5, 5.41) is 7.28. The van der Waals surface area contributed by atoms with Crippen LogP contribution in [0.1, 0.15) is 56.4 Å². The summed E-state index contributed by atoms with van der Waals surface area (Å²) in [6.07, 6.45) is 6.08. The van der Waals surface area contributed by atoms with Crippen molar-refractivity contribution in [2.45, 2.75) is 58.5 Å². The molecule has 0 saturated heterocycles. The summed E-state index contributed by atoms with van der Waals surface area (Å²) in [7, 11) is 0. The van der Waals surface area contributed by atoms with Crippen LogP contribution in [0.25, 0.3) is 0 Å². The Hall–Kier alpha value is -1.65. The van der Waals surface area contributed by atoms with Gasteiger partial charge in [-0.1, -0.05) is 13.3 Å². The molecule has 0 unspecified atom stereocenters. The Balaban J connectivity index is 1.66. The molecule has 1 amide bonds. The molecule has 22 heavy (non-hydrogen) atoms. The van der Waals surface area contributed by atoms with Crippen molar-refractivity contribution < 1.29 is 4.79 Å². The van der Waals surface area contributed by atoms with E-state index in [1.807, 2.05) is 6.92 Å². The van der Waals surface area contributed by atoms with E-state index in [0.29, 0.717) is 18.2 Å². The van der Waals surface area contributed by atoms with Gasteiger partial charge in [0.25, 0.3) is 11.5 Å². The molecule has 0 spiro atoms. The number of aromatic nitrogens is 2. The summed E-state index contributed by atoms with van der Waals surface area (Å²) in [6.45, 7) is 4.63. The van der Waals surface area contributed by atoms with Crippen LogP contribution in [0.2, 0.25) is 0 Å². The molecular formula is C17H25N3O2. The predicted octanol–water partition coefficient (Wildman–Crippen LogP) is 2.21. The van der Waals surface area contributed by atoms with Crippen molar-refractivity contribution in [2.24, 2.45) is 17.8 Å². The molecule has 1 aromatic rings. The van der Waals surface area contributed by atoms with Crippen LogP contribution in [-0.4, -0.2) is 21.7 Å². The second-order valence-corrected chi connectivity index (χ2v) is 6.88. The van der Waals surface area contributed by atoms with Crippen LogP contribution in [0, 0.1) is 17.8 Å². The first-order chi connectivity index (χ1) is 10.6. The molecule has 1 N–H and O–H groups in total. The Morgan fingerprint density at radius 3 is 2.86 bits per heavy atom. The van der Waals surface area contributed by atoms with Crippen molar-refractivity contribution in [1.29, 1.82) is 0 Å². The molecule has 4 atom stereocenters. The summed E-state index contributed by atoms with van der Waals surface area (Å²) < 4.78 is 1.37. The zero-order valence-corrected chi connectivity index (χ0v) is 13.4. The van der Waals surface area contributed by atoms with Crippen LogP contribution in [0.4, 0.5) is 0 Å². The number of nitrogens with one attached hydrogen (secondary N) is 1. The van der Waals surface area contributed by atoms with Gasteiger partial charge in [-0.25, -0.2) is 4.68 Å². The Kier molecular flexibility index (Phi) is 4.32. The lowest BCUT2D eigenvalue weighted by Gasteiger charge is -2.28. The standard InChI is InChI=1S/C17H25N3O2/c1-3-8-20-16(21)7-6-15(19-20)17(22)18-11(2)14-10-12-4-5-13(14)9-12/h6-7,11-14H,3-5,8-10H2,1-2H3,(H,18,22)/t11-,12+,13+,14-/m1/s1. The summed E-state index contributed by atoms with van der Waals surface area (Å²) in [5.74, 6) is 2.09. The zero-order chi connectivity index (χ0) is 15.7. The fourth-order valence-electron chi connectivity index (χ4n) is 4.24. The number of amides is 1. The van der Waals surface area contributed by atoms with Gasteiger partial charge in [0.15, 0.2) is 0 Å². The molecule has 2 aliphatic carbocycles. The average Bonchev–Trinajstić information content (AvgIpc) is 3.12. The van der Waals surface area contributed by atoms with Crippen molar-refractivity contribution in [3.63, 3.8) is 0 Å². The lowest BCUT2D eigenvalue weighted by Crippen LogP contribution is -2.41. The molecule has 2 bridgehead atoms. The SMILES string of the molecule is CCCn1nc(C(=O)N[C@H](C)[C@H]2C[C@H]3CC[C@H]2C3)ccc1=O. The van der Waals surface area contributed by atoms with Crippen molar-refractivity contribution in [3.8, 4) is 0 Å². The fraction of sp³-hybridized carbons (Fsp3) is 0.706. The monoisotopic (exact) mass is 303 g/mol. The minimum Gasteiger partial charge on any atom is -0.348 e. The van der Waals surface area contributed by atoms with Gasteiger partial charge in [0.2, 0.25) is 0 Å². The van der Waals surface area contributed by atoms with E-state index >= 15 is 0 Å². The Bertz CT molecular complexity index is 610.